The van der Waals surface area contributed by atoms with Crippen LogP contribution >= 0.6 is 11.6 Å². The quantitative estimate of drug-likeness (QED) is 0.835. The second kappa shape index (κ2) is 6.74. The van der Waals surface area contributed by atoms with Crippen molar-refractivity contribution in [2.45, 2.75) is 4.90 Å². The predicted octanol–water partition coefficient (Wildman–Crippen LogP) is 2.70. The zero-order valence-corrected chi connectivity index (χ0v) is 12.2. The molecule has 0 bridgehead atoms. The Bertz CT molecular complexity index is 659. The van der Waals surface area contributed by atoms with E-state index in [1.807, 2.05) is 0 Å². The zero-order valence-electron chi connectivity index (χ0n) is 10.6. The highest BCUT2D eigenvalue weighted by atomic mass is 35.5. The van der Waals surface area contributed by atoms with E-state index in [0.29, 0.717) is 10.8 Å². The smallest absolute Gasteiger partial charge is 0.240 e. The van der Waals surface area contributed by atoms with Gasteiger partial charge in [0.05, 0.1) is 4.90 Å². The summed E-state index contributed by atoms with van der Waals surface area (Å²) in [7, 11) is -3.48. The van der Waals surface area contributed by atoms with E-state index in [-0.39, 0.29) is 18.0 Å². The lowest BCUT2D eigenvalue weighted by Gasteiger charge is -2.08. The summed E-state index contributed by atoms with van der Waals surface area (Å²) in [6.07, 6.45) is 0. The maximum Gasteiger partial charge on any atom is 0.240 e. The van der Waals surface area contributed by atoms with Crippen molar-refractivity contribution in [3.05, 3.63) is 59.6 Å². The van der Waals surface area contributed by atoms with Gasteiger partial charge < -0.3 is 4.74 Å². The van der Waals surface area contributed by atoms with Gasteiger partial charge in [0, 0.05) is 11.6 Å². The Kier molecular flexibility index (Phi) is 5.00. The van der Waals surface area contributed by atoms with Crippen LogP contribution in [-0.2, 0) is 10.0 Å². The lowest BCUT2D eigenvalue weighted by atomic mass is 10.3. The van der Waals surface area contributed by atoms with Crippen LogP contribution in [-0.4, -0.2) is 21.6 Å². The normalized spacial score (nSPS) is 11.2. The average molecular weight is 312 g/mol. The Morgan fingerprint density at radius 1 is 1.05 bits per heavy atom. The van der Waals surface area contributed by atoms with Crippen molar-refractivity contribution in [2.24, 2.45) is 0 Å². The minimum absolute atomic E-state index is 0.184. The second-order valence-corrected chi connectivity index (χ2v) is 6.22. The Balaban J connectivity index is 1.84. The van der Waals surface area contributed by atoms with Crippen molar-refractivity contribution in [1.82, 2.24) is 4.72 Å². The van der Waals surface area contributed by atoms with Crippen molar-refractivity contribution >= 4 is 21.6 Å². The van der Waals surface area contributed by atoms with E-state index in [4.69, 9.17) is 16.3 Å². The summed E-state index contributed by atoms with van der Waals surface area (Å²) in [4.78, 5) is 0.239. The molecule has 0 saturated heterocycles. The molecule has 0 heterocycles. The third kappa shape index (κ3) is 4.23. The molecular formula is C14H14ClNO3S. The van der Waals surface area contributed by atoms with E-state index in [2.05, 4.69) is 4.72 Å². The van der Waals surface area contributed by atoms with E-state index < -0.39 is 10.0 Å². The average Bonchev–Trinajstić information content (AvgIpc) is 2.45. The van der Waals surface area contributed by atoms with Crippen molar-refractivity contribution in [2.75, 3.05) is 13.2 Å². The largest absolute Gasteiger partial charge is 0.492 e. The van der Waals surface area contributed by atoms with Crippen LogP contribution in [0.3, 0.4) is 0 Å². The number of hydrogen-bond donors (Lipinski definition) is 1. The molecule has 0 aliphatic carbocycles. The van der Waals surface area contributed by atoms with Gasteiger partial charge in [-0.15, -0.1) is 0 Å². The van der Waals surface area contributed by atoms with Gasteiger partial charge in [-0.2, -0.15) is 0 Å². The molecular weight excluding hydrogens is 298 g/mol. The third-order valence-electron chi connectivity index (χ3n) is 2.51. The highest BCUT2D eigenvalue weighted by Crippen LogP contribution is 2.16. The zero-order chi connectivity index (χ0) is 14.4. The Hall–Kier alpha value is -1.56. The summed E-state index contributed by atoms with van der Waals surface area (Å²) < 4.78 is 31.7. The number of benzene rings is 2. The molecule has 4 nitrogen and oxygen atoms in total. The van der Waals surface area contributed by atoms with Crippen LogP contribution in [0.4, 0.5) is 0 Å². The van der Waals surface area contributed by atoms with Gasteiger partial charge in [0.2, 0.25) is 10.0 Å². The summed E-state index contributed by atoms with van der Waals surface area (Å²) in [6.45, 7) is 0.413. The van der Waals surface area contributed by atoms with E-state index in [9.17, 15) is 8.42 Å². The van der Waals surface area contributed by atoms with Crippen molar-refractivity contribution in [3.63, 3.8) is 0 Å². The SMILES string of the molecule is O=S(=O)(NCCOc1cccc(Cl)c1)c1ccccc1. The van der Waals surface area contributed by atoms with Crippen LogP contribution in [0.5, 0.6) is 5.75 Å². The number of hydrogen-bond acceptors (Lipinski definition) is 3. The first-order valence-electron chi connectivity index (χ1n) is 6.01. The summed E-state index contributed by atoms with van der Waals surface area (Å²) >= 11 is 5.82. The maximum absolute atomic E-state index is 11.9. The van der Waals surface area contributed by atoms with Gasteiger partial charge in [0.25, 0.3) is 0 Å². The molecule has 1 N–H and O–H groups in total. The molecule has 0 aromatic heterocycles. The highest BCUT2D eigenvalue weighted by Gasteiger charge is 2.11. The minimum Gasteiger partial charge on any atom is -0.492 e. The lowest BCUT2D eigenvalue weighted by Crippen LogP contribution is -2.28. The molecule has 0 fully saturated rings. The van der Waals surface area contributed by atoms with Crippen LogP contribution in [0.15, 0.2) is 59.5 Å². The van der Waals surface area contributed by atoms with E-state index in [1.165, 1.54) is 0 Å². The molecule has 106 valence electrons. The molecule has 0 saturated carbocycles. The van der Waals surface area contributed by atoms with Crippen molar-refractivity contribution in [1.29, 1.82) is 0 Å². The topological polar surface area (TPSA) is 55.4 Å². The first-order chi connectivity index (χ1) is 9.58. The van der Waals surface area contributed by atoms with E-state index >= 15 is 0 Å². The number of nitrogens with one attached hydrogen (secondary N) is 1. The molecule has 0 amide bonds. The minimum atomic E-state index is -3.48. The van der Waals surface area contributed by atoms with Gasteiger partial charge in [-0.05, 0) is 30.3 Å². The summed E-state index contributed by atoms with van der Waals surface area (Å²) in [6, 6.07) is 15.2. The number of ether oxygens (including phenoxy) is 1. The van der Waals surface area contributed by atoms with E-state index in [0.717, 1.165) is 0 Å². The van der Waals surface area contributed by atoms with Gasteiger partial charge in [-0.1, -0.05) is 35.9 Å². The van der Waals surface area contributed by atoms with Crippen molar-refractivity contribution in [3.8, 4) is 5.75 Å². The van der Waals surface area contributed by atoms with Gasteiger partial charge in [0.15, 0.2) is 0 Å². The monoisotopic (exact) mass is 311 g/mol. The van der Waals surface area contributed by atoms with Crippen LogP contribution in [0, 0.1) is 0 Å². The molecule has 20 heavy (non-hydrogen) atoms. The summed E-state index contributed by atoms with van der Waals surface area (Å²) in [5.41, 5.74) is 0. The summed E-state index contributed by atoms with van der Waals surface area (Å²) in [5, 5.41) is 0.576. The first-order valence-corrected chi connectivity index (χ1v) is 7.87. The van der Waals surface area contributed by atoms with E-state index in [1.54, 1.807) is 54.6 Å². The Labute approximate surface area is 123 Å². The Morgan fingerprint density at radius 3 is 2.50 bits per heavy atom. The number of halogens is 1. The van der Waals surface area contributed by atoms with Gasteiger partial charge in [0.1, 0.15) is 12.4 Å². The summed E-state index contributed by atoms with van der Waals surface area (Å²) in [5.74, 6) is 0.608. The molecule has 0 aliphatic rings. The molecule has 2 aromatic carbocycles. The number of rotatable bonds is 6. The first kappa shape index (κ1) is 14.8. The maximum atomic E-state index is 11.9. The van der Waals surface area contributed by atoms with Gasteiger partial charge >= 0.3 is 0 Å². The third-order valence-corrected chi connectivity index (χ3v) is 4.22. The molecule has 0 aliphatic heterocycles. The lowest BCUT2D eigenvalue weighted by molar-refractivity contribution is 0.323. The predicted molar refractivity (Wildman–Crippen MR) is 78.6 cm³/mol. The van der Waals surface area contributed by atoms with Gasteiger partial charge in [-0.25, -0.2) is 13.1 Å². The number of sulfonamides is 1. The molecule has 0 radical (unpaired) electrons. The van der Waals surface area contributed by atoms with Crippen LogP contribution in [0.2, 0.25) is 5.02 Å². The fourth-order valence-corrected chi connectivity index (χ4v) is 2.80. The fourth-order valence-electron chi connectivity index (χ4n) is 1.58. The van der Waals surface area contributed by atoms with Crippen LogP contribution in [0.25, 0.3) is 0 Å². The molecule has 0 atom stereocenters. The van der Waals surface area contributed by atoms with Crippen LogP contribution in [0.1, 0.15) is 0 Å². The molecule has 2 aromatic rings. The molecule has 2 rings (SSSR count). The highest BCUT2D eigenvalue weighted by molar-refractivity contribution is 7.89. The Morgan fingerprint density at radius 2 is 1.80 bits per heavy atom. The second-order valence-electron chi connectivity index (χ2n) is 4.02. The van der Waals surface area contributed by atoms with Crippen molar-refractivity contribution < 1.29 is 13.2 Å². The van der Waals surface area contributed by atoms with Crippen LogP contribution < -0.4 is 9.46 Å². The van der Waals surface area contributed by atoms with Gasteiger partial charge in [-0.3, -0.25) is 0 Å². The fraction of sp³-hybridized carbons (Fsp3) is 0.143. The molecule has 0 spiro atoms. The molecule has 0 unspecified atom stereocenters. The standard InChI is InChI=1S/C14H14ClNO3S/c15-12-5-4-6-13(11-12)19-10-9-16-20(17,18)14-7-2-1-3-8-14/h1-8,11,16H,9-10H2. The molecule has 6 heteroatoms.